The molecular weight excluding hydrogens is 278 g/mol. The second kappa shape index (κ2) is 6.69. The van der Waals surface area contributed by atoms with Gasteiger partial charge in [0.15, 0.2) is 0 Å². The fourth-order valence-corrected chi connectivity index (χ4v) is 3.80. The first-order chi connectivity index (χ1) is 10.2. The third kappa shape index (κ3) is 3.70. The summed E-state index contributed by atoms with van der Waals surface area (Å²) in [7, 11) is 0. The third-order valence-corrected chi connectivity index (χ3v) is 5.18. The fraction of sp³-hybridized carbons (Fsp3) is 0.471. The number of aromatic nitrogens is 1. The molecule has 1 aliphatic heterocycles. The molecule has 1 fully saturated rings. The van der Waals surface area contributed by atoms with E-state index in [4.69, 9.17) is 10.7 Å². The highest BCUT2D eigenvalue weighted by atomic mass is 32.1. The quantitative estimate of drug-likeness (QED) is 0.941. The first kappa shape index (κ1) is 14.7. The van der Waals surface area contributed by atoms with Crippen LogP contribution in [-0.2, 0) is 6.54 Å². The van der Waals surface area contributed by atoms with Gasteiger partial charge in [-0.3, -0.25) is 4.90 Å². The maximum Gasteiger partial charge on any atom is 0.123 e. The van der Waals surface area contributed by atoms with Crippen LogP contribution in [0, 0.1) is 5.92 Å². The first-order valence-electron chi connectivity index (χ1n) is 7.70. The number of hydrogen-bond acceptors (Lipinski definition) is 4. The number of rotatable bonds is 4. The molecule has 2 heterocycles. The highest BCUT2D eigenvalue weighted by Crippen LogP contribution is 2.25. The lowest BCUT2D eigenvalue weighted by molar-refractivity contribution is 0.153. The van der Waals surface area contributed by atoms with Crippen molar-refractivity contribution in [2.45, 2.75) is 32.4 Å². The summed E-state index contributed by atoms with van der Waals surface area (Å²) in [5.74, 6) is 0.631. The Morgan fingerprint density at radius 2 is 2.19 bits per heavy atom. The van der Waals surface area contributed by atoms with Gasteiger partial charge in [-0.05, 0) is 32.2 Å². The van der Waals surface area contributed by atoms with Gasteiger partial charge in [0.1, 0.15) is 5.01 Å². The normalized spacial score (nSPS) is 21.3. The molecule has 2 unspecified atom stereocenters. The molecule has 4 heteroatoms. The van der Waals surface area contributed by atoms with E-state index in [-0.39, 0.29) is 0 Å². The molecule has 0 bridgehead atoms. The molecule has 112 valence electrons. The molecule has 3 rings (SSSR count). The van der Waals surface area contributed by atoms with Gasteiger partial charge in [0, 0.05) is 30.1 Å². The Balaban J connectivity index is 1.65. The van der Waals surface area contributed by atoms with Gasteiger partial charge in [-0.2, -0.15) is 0 Å². The molecule has 3 nitrogen and oxygen atoms in total. The number of nitrogens with zero attached hydrogens (tertiary/aromatic N) is 2. The van der Waals surface area contributed by atoms with Crippen LogP contribution >= 0.6 is 11.3 Å². The van der Waals surface area contributed by atoms with Crippen LogP contribution < -0.4 is 5.73 Å². The monoisotopic (exact) mass is 301 g/mol. The van der Waals surface area contributed by atoms with Gasteiger partial charge in [0.2, 0.25) is 0 Å². The minimum absolute atomic E-state index is 0.295. The van der Waals surface area contributed by atoms with Crippen LogP contribution in [0.15, 0.2) is 35.7 Å². The average Bonchev–Trinajstić information content (AvgIpc) is 2.97. The van der Waals surface area contributed by atoms with Gasteiger partial charge >= 0.3 is 0 Å². The second-order valence-corrected chi connectivity index (χ2v) is 6.86. The first-order valence-corrected chi connectivity index (χ1v) is 8.58. The minimum Gasteiger partial charge on any atom is -0.328 e. The van der Waals surface area contributed by atoms with E-state index in [1.807, 2.05) is 6.07 Å². The van der Waals surface area contributed by atoms with E-state index in [1.165, 1.54) is 30.6 Å². The molecule has 1 saturated heterocycles. The summed E-state index contributed by atoms with van der Waals surface area (Å²) < 4.78 is 0. The van der Waals surface area contributed by atoms with Gasteiger partial charge in [-0.15, -0.1) is 11.3 Å². The largest absolute Gasteiger partial charge is 0.328 e. The van der Waals surface area contributed by atoms with E-state index in [1.54, 1.807) is 11.3 Å². The van der Waals surface area contributed by atoms with Crippen LogP contribution in [0.3, 0.4) is 0 Å². The van der Waals surface area contributed by atoms with Crippen LogP contribution in [0.25, 0.3) is 10.6 Å². The van der Waals surface area contributed by atoms with Gasteiger partial charge in [0.05, 0.1) is 5.69 Å². The number of nitrogens with two attached hydrogens (primary N) is 1. The molecule has 0 aliphatic carbocycles. The molecular formula is C17H23N3S. The van der Waals surface area contributed by atoms with E-state index in [2.05, 4.69) is 41.5 Å². The van der Waals surface area contributed by atoms with E-state index in [9.17, 15) is 0 Å². The van der Waals surface area contributed by atoms with Crippen molar-refractivity contribution < 1.29 is 0 Å². The summed E-state index contributed by atoms with van der Waals surface area (Å²) in [6, 6.07) is 10.7. The molecule has 2 atom stereocenters. The summed E-state index contributed by atoms with van der Waals surface area (Å²) in [5.41, 5.74) is 8.46. The summed E-state index contributed by atoms with van der Waals surface area (Å²) >= 11 is 1.74. The van der Waals surface area contributed by atoms with Crippen molar-refractivity contribution in [1.82, 2.24) is 9.88 Å². The molecule has 0 radical (unpaired) electrons. The second-order valence-electron chi connectivity index (χ2n) is 6.01. The molecule has 2 N–H and O–H groups in total. The Bertz CT molecular complexity index is 564. The van der Waals surface area contributed by atoms with Gasteiger partial charge in [-0.25, -0.2) is 4.98 Å². The number of benzene rings is 1. The van der Waals surface area contributed by atoms with Crippen LogP contribution in [0.1, 0.15) is 25.5 Å². The smallest absolute Gasteiger partial charge is 0.123 e. The maximum atomic E-state index is 6.06. The molecule has 1 aromatic carbocycles. The van der Waals surface area contributed by atoms with E-state index in [0.717, 1.165) is 18.1 Å². The van der Waals surface area contributed by atoms with Crippen molar-refractivity contribution in [1.29, 1.82) is 0 Å². The standard InChI is InChI=1S/C17H23N3S/c1-13(18)15-8-5-9-20(10-15)11-16-12-21-17(19-16)14-6-3-2-4-7-14/h2-4,6-7,12-13,15H,5,8-11,18H2,1H3. The zero-order valence-electron chi connectivity index (χ0n) is 12.5. The Kier molecular flexibility index (Phi) is 4.68. The van der Waals surface area contributed by atoms with E-state index >= 15 is 0 Å². The van der Waals surface area contributed by atoms with Crippen molar-refractivity contribution in [3.8, 4) is 10.6 Å². The molecule has 2 aromatic rings. The number of piperidine rings is 1. The van der Waals surface area contributed by atoms with E-state index < -0.39 is 0 Å². The van der Waals surface area contributed by atoms with Crippen LogP contribution in [0.4, 0.5) is 0 Å². The molecule has 1 aromatic heterocycles. The van der Waals surface area contributed by atoms with Crippen LogP contribution in [0.2, 0.25) is 0 Å². The predicted octanol–water partition coefficient (Wildman–Crippen LogP) is 3.37. The van der Waals surface area contributed by atoms with Crippen molar-refractivity contribution in [3.63, 3.8) is 0 Å². The van der Waals surface area contributed by atoms with Crippen molar-refractivity contribution in [3.05, 3.63) is 41.4 Å². The Morgan fingerprint density at radius 3 is 2.95 bits per heavy atom. The summed E-state index contributed by atoms with van der Waals surface area (Å²) in [6.45, 7) is 5.36. The highest BCUT2D eigenvalue weighted by Gasteiger charge is 2.23. The van der Waals surface area contributed by atoms with Crippen molar-refractivity contribution >= 4 is 11.3 Å². The average molecular weight is 301 g/mol. The SMILES string of the molecule is CC(N)C1CCCN(Cc2csc(-c3ccccc3)n2)C1. The van der Waals surface area contributed by atoms with Crippen molar-refractivity contribution in [2.24, 2.45) is 11.7 Å². The molecule has 21 heavy (non-hydrogen) atoms. The summed E-state index contributed by atoms with van der Waals surface area (Å²) in [6.07, 6.45) is 2.52. The van der Waals surface area contributed by atoms with Gasteiger partial charge in [0.25, 0.3) is 0 Å². The fourth-order valence-electron chi connectivity index (χ4n) is 2.99. The lowest BCUT2D eigenvalue weighted by Crippen LogP contribution is -2.41. The highest BCUT2D eigenvalue weighted by molar-refractivity contribution is 7.13. The number of thiazole rings is 1. The molecule has 0 spiro atoms. The number of likely N-dealkylation sites (tertiary alicyclic amines) is 1. The molecule has 1 aliphatic rings. The minimum atomic E-state index is 0.295. The maximum absolute atomic E-state index is 6.06. The van der Waals surface area contributed by atoms with Gasteiger partial charge in [-0.1, -0.05) is 30.3 Å². The summed E-state index contributed by atoms with van der Waals surface area (Å²) in [5, 5.41) is 3.31. The van der Waals surface area contributed by atoms with Crippen LogP contribution in [0.5, 0.6) is 0 Å². The topological polar surface area (TPSA) is 42.1 Å². The van der Waals surface area contributed by atoms with Gasteiger partial charge < -0.3 is 5.73 Å². The third-order valence-electron chi connectivity index (χ3n) is 4.24. The lowest BCUT2D eigenvalue weighted by Gasteiger charge is -2.34. The lowest BCUT2D eigenvalue weighted by atomic mass is 9.92. The van der Waals surface area contributed by atoms with Crippen LogP contribution in [-0.4, -0.2) is 29.0 Å². The Labute approximate surface area is 130 Å². The predicted molar refractivity (Wildman–Crippen MR) is 89.2 cm³/mol. The number of hydrogen-bond donors (Lipinski definition) is 1. The van der Waals surface area contributed by atoms with Crippen molar-refractivity contribution in [2.75, 3.05) is 13.1 Å². The zero-order chi connectivity index (χ0) is 14.7. The zero-order valence-corrected chi connectivity index (χ0v) is 13.4. The molecule has 0 saturated carbocycles. The Morgan fingerprint density at radius 1 is 1.38 bits per heavy atom. The summed E-state index contributed by atoms with van der Waals surface area (Å²) in [4.78, 5) is 7.29. The Hall–Kier alpha value is -1.23. The van der Waals surface area contributed by atoms with E-state index in [0.29, 0.717) is 12.0 Å². The molecule has 0 amide bonds.